The Hall–Kier alpha value is -2.11. The molecule has 1 aliphatic heterocycles. The van der Waals surface area contributed by atoms with Crippen LogP contribution in [-0.4, -0.2) is 38.7 Å². The minimum absolute atomic E-state index is 0.0473. The predicted molar refractivity (Wildman–Crippen MR) is 98.5 cm³/mol. The number of aryl methyl sites for hydroxylation is 1. The third-order valence-corrected chi connectivity index (χ3v) is 5.71. The molecule has 0 aromatic carbocycles. The zero-order chi connectivity index (χ0) is 17.9. The highest BCUT2D eigenvalue weighted by molar-refractivity contribution is 5.80. The highest BCUT2D eigenvalue weighted by atomic mass is 16.3. The van der Waals surface area contributed by atoms with E-state index in [-0.39, 0.29) is 11.8 Å². The van der Waals surface area contributed by atoms with Crippen molar-refractivity contribution in [3.8, 4) is 11.6 Å². The fraction of sp³-hybridized carbons (Fsp3) is 0.650. The van der Waals surface area contributed by atoms with Gasteiger partial charge in [0.05, 0.1) is 6.26 Å². The van der Waals surface area contributed by atoms with E-state index in [0.717, 1.165) is 70.4 Å². The molecule has 2 atom stereocenters. The first-order chi connectivity index (χ1) is 12.8. The molecule has 2 fully saturated rings. The fourth-order valence-corrected chi connectivity index (χ4v) is 4.42. The SMILES string of the molecule is CCCn1nc(-c2ccco2)nc1[C@H]1CCCC[C@H]1C(=O)N1CCCC1. The number of likely N-dealkylation sites (tertiary alicyclic amines) is 1. The fourth-order valence-electron chi connectivity index (χ4n) is 4.42. The van der Waals surface area contributed by atoms with Crippen LogP contribution in [0.1, 0.15) is 63.6 Å². The molecule has 2 aliphatic rings. The summed E-state index contributed by atoms with van der Waals surface area (Å²) in [6.07, 6.45) is 9.19. The van der Waals surface area contributed by atoms with Crippen LogP contribution in [0.3, 0.4) is 0 Å². The normalized spacial score (nSPS) is 23.5. The van der Waals surface area contributed by atoms with Crippen LogP contribution in [-0.2, 0) is 11.3 Å². The summed E-state index contributed by atoms with van der Waals surface area (Å²) < 4.78 is 7.51. The number of hydrogen-bond acceptors (Lipinski definition) is 4. The predicted octanol–water partition coefficient (Wildman–Crippen LogP) is 3.84. The van der Waals surface area contributed by atoms with Crippen molar-refractivity contribution in [2.45, 2.75) is 64.3 Å². The van der Waals surface area contributed by atoms with Gasteiger partial charge in [0.25, 0.3) is 0 Å². The summed E-state index contributed by atoms with van der Waals surface area (Å²) in [4.78, 5) is 20.0. The Morgan fingerprint density at radius 3 is 2.77 bits per heavy atom. The van der Waals surface area contributed by atoms with Crippen LogP contribution >= 0.6 is 0 Å². The van der Waals surface area contributed by atoms with Crippen molar-refractivity contribution in [2.24, 2.45) is 5.92 Å². The van der Waals surface area contributed by atoms with E-state index in [9.17, 15) is 4.79 Å². The number of rotatable bonds is 5. The Kier molecular flexibility index (Phi) is 5.09. The van der Waals surface area contributed by atoms with E-state index in [2.05, 4.69) is 11.8 Å². The van der Waals surface area contributed by atoms with Crippen molar-refractivity contribution in [3.63, 3.8) is 0 Å². The smallest absolute Gasteiger partial charge is 0.226 e. The Bertz CT molecular complexity index is 731. The molecule has 0 N–H and O–H groups in total. The van der Waals surface area contributed by atoms with Gasteiger partial charge in [-0.1, -0.05) is 19.8 Å². The van der Waals surface area contributed by atoms with Crippen LogP contribution in [0.25, 0.3) is 11.6 Å². The van der Waals surface area contributed by atoms with Crippen LogP contribution in [0.4, 0.5) is 0 Å². The summed E-state index contributed by atoms with van der Waals surface area (Å²) in [7, 11) is 0. The van der Waals surface area contributed by atoms with E-state index in [1.807, 2.05) is 16.8 Å². The van der Waals surface area contributed by atoms with Gasteiger partial charge in [0.1, 0.15) is 5.82 Å². The standard InChI is InChI=1S/C20H28N4O2/c1-2-11-24-19(21-18(22-24)17-10-7-14-26-17)15-8-3-4-9-16(15)20(25)23-12-5-6-13-23/h7,10,14-16H,2-6,8-9,11-13H2,1H3/t15-,16+/m0/s1. The van der Waals surface area contributed by atoms with E-state index < -0.39 is 0 Å². The van der Waals surface area contributed by atoms with Gasteiger partial charge in [-0.25, -0.2) is 9.67 Å². The second kappa shape index (κ2) is 7.64. The minimum atomic E-state index is 0.0473. The van der Waals surface area contributed by atoms with E-state index >= 15 is 0 Å². The molecule has 1 saturated heterocycles. The third kappa shape index (κ3) is 3.29. The van der Waals surface area contributed by atoms with Crippen LogP contribution < -0.4 is 0 Å². The summed E-state index contributed by atoms with van der Waals surface area (Å²) in [6.45, 7) is 4.80. The zero-order valence-corrected chi connectivity index (χ0v) is 15.6. The maximum atomic E-state index is 13.1. The molecule has 6 nitrogen and oxygen atoms in total. The average molecular weight is 356 g/mol. The van der Waals surface area contributed by atoms with Crippen LogP contribution in [0.5, 0.6) is 0 Å². The van der Waals surface area contributed by atoms with E-state index in [1.54, 1.807) is 6.26 Å². The molecule has 1 saturated carbocycles. The number of nitrogens with zero attached hydrogens (tertiary/aromatic N) is 4. The van der Waals surface area contributed by atoms with Gasteiger partial charge in [0.2, 0.25) is 11.7 Å². The maximum absolute atomic E-state index is 13.1. The van der Waals surface area contributed by atoms with Gasteiger partial charge in [0.15, 0.2) is 5.76 Å². The van der Waals surface area contributed by atoms with Gasteiger partial charge >= 0.3 is 0 Å². The molecular weight excluding hydrogens is 328 g/mol. The second-order valence-electron chi connectivity index (χ2n) is 7.52. The van der Waals surface area contributed by atoms with Gasteiger partial charge < -0.3 is 9.32 Å². The lowest BCUT2D eigenvalue weighted by Gasteiger charge is -2.32. The van der Waals surface area contributed by atoms with Gasteiger partial charge in [0, 0.05) is 31.5 Å². The van der Waals surface area contributed by atoms with Crippen molar-refractivity contribution >= 4 is 5.91 Å². The van der Waals surface area contributed by atoms with E-state index in [0.29, 0.717) is 17.5 Å². The van der Waals surface area contributed by atoms with Gasteiger partial charge in [-0.05, 0) is 44.2 Å². The lowest BCUT2D eigenvalue weighted by Crippen LogP contribution is -2.38. The molecule has 2 aromatic rings. The number of carbonyl (C=O) groups is 1. The molecule has 0 unspecified atom stereocenters. The summed E-state index contributed by atoms with van der Waals surface area (Å²) in [5.74, 6) is 2.84. The highest BCUT2D eigenvalue weighted by Gasteiger charge is 2.38. The van der Waals surface area contributed by atoms with E-state index in [1.165, 1.54) is 0 Å². The summed E-state index contributed by atoms with van der Waals surface area (Å²) in [5, 5.41) is 4.70. The number of hydrogen-bond donors (Lipinski definition) is 0. The molecule has 0 bridgehead atoms. The molecule has 2 aromatic heterocycles. The number of amides is 1. The minimum Gasteiger partial charge on any atom is -0.461 e. The first-order valence-electron chi connectivity index (χ1n) is 10.1. The van der Waals surface area contributed by atoms with Crippen LogP contribution in [0, 0.1) is 5.92 Å². The lowest BCUT2D eigenvalue weighted by atomic mass is 9.78. The van der Waals surface area contributed by atoms with Crippen LogP contribution in [0.15, 0.2) is 22.8 Å². The van der Waals surface area contributed by atoms with Crippen molar-refractivity contribution in [1.29, 1.82) is 0 Å². The summed E-state index contributed by atoms with van der Waals surface area (Å²) in [6, 6.07) is 3.75. The molecule has 3 heterocycles. The quantitative estimate of drug-likeness (QED) is 0.816. The molecule has 6 heteroatoms. The zero-order valence-electron chi connectivity index (χ0n) is 15.6. The maximum Gasteiger partial charge on any atom is 0.226 e. The van der Waals surface area contributed by atoms with Crippen molar-refractivity contribution < 1.29 is 9.21 Å². The second-order valence-corrected chi connectivity index (χ2v) is 7.52. The number of aromatic nitrogens is 3. The molecule has 26 heavy (non-hydrogen) atoms. The lowest BCUT2D eigenvalue weighted by molar-refractivity contribution is -0.136. The first-order valence-corrected chi connectivity index (χ1v) is 10.1. The monoisotopic (exact) mass is 356 g/mol. The molecule has 0 spiro atoms. The molecule has 0 radical (unpaired) electrons. The van der Waals surface area contributed by atoms with Crippen molar-refractivity contribution in [3.05, 3.63) is 24.2 Å². The highest BCUT2D eigenvalue weighted by Crippen LogP contribution is 2.39. The topological polar surface area (TPSA) is 64.2 Å². The number of furan rings is 1. The van der Waals surface area contributed by atoms with Crippen molar-refractivity contribution in [1.82, 2.24) is 19.7 Å². The Labute approximate surface area is 154 Å². The molecule has 1 amide bonds. The Morgan fingerprint density at radius 1 is 1.23 bits per heavy atom. The van der Waals surface area contributed by atoms with Crippen molar-refractivity contribution in [2.75, 3.05) is 13.1 Å². The Morgan fingerprint density at radius 2 is 2.04 bits per heavy atom. The number of carbonyl (C=O) groups excluding carboxylic acids is 1. The molecular formula is C20H28N4O2. The molecule has 4 rings (SSSR count). The molecule has 140 valence electrons. The Balaban J connectivity index is 1.65. The van der Waals surface area contributed by atoms with Gasteiger partial charge in [-0.2, -0.15) is 0 Å². The average Bonchev–Trinajstić information content (AvgIpc) is 3.42. The van der Waals surface area contributed by atoms with Gasteiger partial charge in [-0.3, -0.25) is 4.79 Å². The van der Waals surface area contributed by atoms with E-state index in [4.69, 9.17) is 14.5 Å². The van der Waals surface area contributed by atoms with Gasteiger partial charge in [-0.15, -0.1) is 5.10 Å². The van der Waals surface area contributed by atoms with Crippen LogP contribution in [0.2, 0.25) is 0 Å². The third-order valence-electron chi connectivity index (χ3n) is 5.71. The first kappa shape index (κ1) is 17.3. The largest absolute Gasteiger partial charge is 0.461 e. The molecule has 1 aliphatic carbocycles. The summed E-state index contributed by atoms with van der Waals surface area (Å²) >= 11 is 0. The summed E-state index contributed by atoms with van der Waals surface area (Å²) in [5.41, 5.74) is 0.